The Morgan fingerprint density at radius 2 is 2.20 bits per heavy atom. The maximum Gasteiger partial charge on any atom is 0.278 e. The number of fused-ring (bicyclic) bond motifs is 1. The Labute approximate surface area is 142 Å². The Morgan fingerprint density at radius 3 is 2.88 bits per heavy atom. The second kappa shape index (κ2) is 6.56. The summed E-state index contributed by atoms with van der Waals surface area (Å²) in [6.45, 7) is 1.75. The quantitative estimate of drug-likeness (QED) is 0.560. The van der Waals surface area contributed by atoms with Gasteiger partial charge < -0.3 is 14.7 Å². The zero-order chi connectivity index (χ0) is 18.0. The first kappa shape index (κ1) is 16.4. The first-order valence-corrected chi connectivity index (χ1v) is 7.42. The van der Waals surface area contributed by atoms with Crippen LogP contribution >= 0.6 is 0 Å². The molecule has 0 atom stereocenters. The largest absolute Gasteiger partial charge is 0.364 e. The van der Waals surface area contributed by atoms with Crippen LogP contribution in [0.5, 0.6) is 0 Å². The van der Waals surface area contributed by atoms with E-state index in [4.69, 9.17) is 4.52 Å². The third-order valence-electron chi connectivity index (χ3n) is 3.61. The van der Waals surface area contributed by atoms with Gasteiger partial charge in [0, 0.05) is 25.4 Å². The predicted molar refractivity (Wildman–Crippen MR) is 91.5 cm³/mol. The van der Waals surface area contributed by atoms with Gasteiger partial charge in [-0.15, -0.1) is 0 Å². The van der Waals surface area contributed by atoms with Gasteiger partial charge >= 0.3 is 0 Å². The van der Waals surface area contributed by atoms with Crippen molar-refractivity contribution < 1.29 is 14.2 Å². The molecule has 128 valence electrons. The summed E-state index contributed by atoms with van der Waals surface area (Å²) in [6.07, 6.45) is 1.56. The molecule has 1 aromatic carbocycles. The molecule has 2 heterocycles. The molecule has 0 aliphatic heterocycles. The number of benzene rings is 1. The molecule has 25 heavy (non-hydrogen) atoms. The Bertz CT molecular complexity index is 953. The van der Waals surface area contributed by atoms with E-state index in [1.807, 2.05) is 0 Å². The average molecular weight is 341 g/mol. The SMILES string of the molecule is Cc1cc(NC(=O)CN(C)c2ccc([N+](=O)[O-])c3cccnc23)no1. The highest BCUT2D eigenvalue weighted by Crippen LogP contribution is 2.31. The van der Waals surface area contributed by atoms with Crippen LogP contribution in [0.4, 0.5) is 17.2 Å². The Balaban J connectivity index is 1.84. The van der Waals surface area contributed by atoms with Gasteiger partial charge in [-0.3, -0.25) is 19.9 Å². The second-order valence-electron chi connectivity index (χ2n) is 5.49. The number of carbonyl (C=O) groups is 1. The maximum atomic E-state index is 12.2. The highest BCUT2D eigenvalue weighted by Gasteiger charge is 2.18. The summed E-state index contributed by atoms with van der Waals surface area (Å²) in [5.74, 6) is 0.634. The summed E-state index contributed by atoms with van der Waals surface area (Å²) in [7, 11) is 1.71. The fourth-order valence-electron chi connectivity index (χ4n) is 2.52. The highest BCUT2D eigenvalue weighted by molar-refractivity contribution is 5.99. The molecule has 3 rings (SSSR count). The molecule has 0 radical (unpaired) electrons. The molecule has 9 nitrogen and oxygen atoms in total. The summed E-state index contributed by atoms with van der Waals surface area (Å²) in [4.78, 5) is 28.8. The molecule has 0 unspecified atom stereocenters. The summed E-state index contributed by atoms with van der Waals surface area (Å²) in [5, 5.41) is 17.9. The van der Waals surface area contributed by atoms with E-state index in [0.29, 0.717) is 28.2 Å². The summed E-state index contributed by atoms with van der Waals surface area (Å²) < 4.78 is 4.90. The van der Waals surface area contributed by atoms with Crippen LogP contribution in [-0.2, 0) is 4.79 Å². The standard InChI is InChI=1S/C16H15N5O4/c1-10-8-14(19-25-10)18-15(22)9-20(2)13-6-5-12(21(23)24)11-4-3-7-17-16(11)13/h3-8H,9H2,1-2H3,(H,18,19,22). The lowest BCUT2D eigenvalue weighted by Gasteiger charge is -2.19. The monoisotopic (exact) mass is 341 g/mol. The van der Waals surface area contributed by atoms with E-state index in [-0.39, 0.29) is 18.1 Å². The summed E-state index contributed by atoms with van der Waals surface area (Å²) >= 11 is 0. The third-order valence-corrected chi connectivity index (χ3v) is 3.61. The number of likely N-dealkylation sites (N-methyl/N-ethyl adjacent to an activating group) is 1. The van der Waals surface area contributed by atoms with Gasteiger partial charge in [0.2, 0.25) is 5.91 Å². The molecular formula is C16H15N5O4. The van der Waals surface area contributed by atoms with Crippen LogP contribution in [0, 0.1) is 17.0 Å². The van der Waals surface area contributed by atoms with Crippen molar-refractivity contribution in [1.82, 2.24) is 10.1 Å². The fourth-order valence-corrected chi connectivity index (χ4v) is 2.52. The lowest BCUT2D eigenvalue weighted by molar-refractivity contribution is -0.383. The lowest BCUT2D eigenvalue weighted by atomic mass is 10.1. The lowest BCUT2D eigenvalue weighted by Crippen LogP contribution is -2.30. The van der Waals surface area contributed by atoms with Crippen molar-refractivity contribution in [2.75, 3.05) is 23.8 Å². The number of hydrogen-bond donors (Lipinski definition) is 1. The van der Waals surface area contributed by atoms with Crippen LogP contribution < -0.4 is 10.2 Å². The zero-order valence-corrected chi connectivity index (χ0v) is 13.6. The normalized spacial score (nSPS) is 10.6. The number of aromatic nitrogens is 2. The molecule has 9 heteroatoms. The molecular weight excluding hydrogens is 326 g/mol. The number of pyridine rings is 1. The van der Waals surface area contributed by atoms with Crippen molar-refractivity contribution in [3.8, 4) is 0 Å². The van der Waals surface area contributed by atoms with Crippen LogP contribution in [0.1, 0.15) is 5.76 Å². The van der Waals surface area contributed by atoms with Crippen molar-refractivity contribution in [3.63, 3.8) is 0 Å². The number of amides is 1. The van der Waals surface area contributed by atoms with E-state index in [9.17, 15) is 14.9 Å². The minimum Gasteiger partial charge on any atom is -0.364 e. The first-order chi connectivity index (χ1) is 12.0. The third kappa shape index (κ3) is 3.39. The van der Waals surface area contributed by atoms with Crippen molar-refractivity contribution in [3.05, 3.63) is 52.4 Å². The van der Waals surface area contributed by atoms with Gasteiger partial charge in [-0.25, -0.2) is 0 Å². The van der Waals surface area contributed by atoms with E-state index in [1.54, 1.807) is 49.3 Å². The van der Waals surface area contributed by atoms with Gasteiger partial charge in [-0.1, -0.05) is 5.16 Å². The number of nitro groups is 1. The summed E-state index contributed by atoms with van der Waals surface area (Å²) in [5.41, 5.74) is 1.06. The molecule has 3 aromatic rings. The van der Waals surface area contributed by atoms with Crippen molar-refractivity contribution >= 4 is 34.0 Å². The molecule has 0 aliphatic rings. The van der Waals surface area contributed by atoms with Crippen LogP contribution in [0.25, 0.3) is 10.9 Å². The predicted octanol–water partition coefficient (Wildman–Crippen LogP) is 2.51. The first-order valence-electron chi connectivity index (χ1n) is 7.42. The van der Waals surface area contributed by atoms with E-state index in [0.717, 1.165) is 0 Å². The fraction of sp³-hybridized carbons (Fsp3) is 0.188. The van der Waals surface area contributed by atoms with Gasteiger partial charge in [-0.05, 0) is 25.1 Å². The highest BCUT2D eigenvalue weighted by atomic mass is 16.6. The number of aryl methyl sites for hydroxylation is 1. The van der Waals surface area contributed by atoms with Crippen LogP contribution in [0.3, 0.4) is 0 Å². The number of hydrogen-bond acceptors (Lipinski definition) is 7. The van der Waals surface area contributed by atoms with Crippen molar-refractivity contribution in [1.29, 1.82) is 0 Å². The number of rotatable bonds is 5. The number of nitrogens with zero attached hydrogens (tertiary/aromatic N) is 4. The van der Waals surface area contributed by atoms with Crippen molar-refractivity contribution in [2.45, 2.75) is 6.92 Å². The molecule has 1 N–H and O–H groups in total. The molecule has 0 fully saturated rings. The van der Waals surface area contributed by atoms with E-state index in [1.165, 1.54) is 6.07 Å². The van der Waals surface area contributed by atoms with Gasteiger partial charge in [0.25, 0.3) is 5.69 Å². The van der Waals surface area contributed by atoms with E-state index >= 15 is 0 Å². The van der Waals surface area contributed by atoms with Gasteiger partial charge in [0.05, 0.1) is 22.5 Å². The Kier molecular flexibility index (Phi) is 4.29. The zero-order valence-electron chi connectivity index (χ0n) is 13.6. The van der Waals surface area contributed by atoms with E-state index in [2.05, 4.69) is 15.5 Å². The van der Waals surface area contributed by atoms with Crippen LogP contribution in [-0.4, -0.2) is 34.6 Å². The maximum absolute atomic E-state index is 12.2. The van der Waals surface area contributed by atoms with Gasteiger partial charge in [-0.2, -0.15) is 0 Å². The molecule has 0 bridgehead atoms. The number of nitro benzene ring substituents is 1. The molecule has 0 spiro atoms. The molecule has 0 saturated carbocycles. The molecule has 0 saturated heterocycles. The van der Waals surface area contributed by atoms with Gasteiger partial charge in [0.1, 0.15) is 11.3 Å². The Hall–Kier alpha value is -3.49. The average Bonchev–Trinajstić information content (AvgIpc) is 2.98. The topological polar surface area (TPSA) is 114 Å². The number of anilines is 2. The molecule has 2 aromatic heterocycles. The van der Waals surface area contributed by atoms with Crippen molar-refractivity contribution in [2.24, 2.45) is 0 Å². The molecule has 1 amide bonds. The summed E-state index contributed by atoms with van der Waals surface area (Å²) in [6, 6.07) is 7.88. The molecule has 0 aliphatic carbocycles. The minimum atomic E-state index is -0.451. The van der Waals surface area contributed by atoms with Gasteiger partial charge in [0.15, 0.2) is 5.82 Å². The second-order valence-corrected chi connectivity index (χ2v) is 5.49. The Morgan fingerprint density at radius 1 is 1.40 bits per heavy atom. The number of nitrogens with one attached hydrogen (secondary N) is 1. The van der Waals surface area contributed by atoms with Crippen LogP contribution in [0.15, 0.2) is 41.1 Å². The van der Waals surface area contributed by atoms with Crippen LogP contribution in [0.2, 0.25) is 0 Å². The smallest absolute Gasteiger partial charge is 0.278 e. The van der Waals surface area contributed by atoms with E-state index < -0.39 is 4.92 Å². The number of non-ortho nitro benzene ring substituents is 1. The minimum absolute atomic E-state index is 0.0232. The number of carbonyl (C=O) groups excluding carboxylic acids is 1.